The van der Waals surface area contributed by atoms with Gasteiger partial charge in [0.2, 0.25) is 0 Å². The van der Waals surface area contributed by atoms with Gasteiger partial charge < -0.3 is 14.2 Å². The Balaban J connectivity index is 1.67. The molecule has 172 valence electrons. The smallest absolute Gasteiger partial charge is 0.271 e. The molecule has 8 heteroatoms. The van der Waals surface area contributed by atoms with Gasteiger partial charge in [-0.25, -0.2) is 5.43 Å². The number of nitrogens with one attached hydrogen (secondary N) is 1. The van der Waals surface area contributed by atoms with Crippen molar-refractivity contribution in [3.8, 4) is 17.2 Å². The number of benzene rings is 3. The quantitative estimate of drug-likeness (QED) is 0.276. The lowest BCUT2D eigenvalue weighted by molar-refractivity contribution is 0.0954. The summed E-state index contributed by atoms with van der Waals surface area (Å²) in [6.45, 7) is 4.98. The maximum atomic E-state index is 12.6. The summed E-state index contributed by atoms with van der Waals surface area (Å²) in [5.74, 6) is 1.06. The van der Waals surface area contributed by atoms with Gasteiger partial charge in [0.15, 0.2) is 17.2 Å². The molecule has 33 heavy (non-hydrogen) atoms. The summed E-state index contributed by atoms with van der Waals surface area (Å²) in [5.41, 5.74) is 4.52. The first kappa shape index (κ1) is 24.4. The van der Waals surface area contributed by atoms with E-state index in [0.29, 0.717) is 58.2 Å². The molecule has 6 nitrogen and oxygen atoms in total. The minimum atomic E-state index is -0.398. The van der Waals surface area contributed by atoms with Crippen molar-refractivity contribution in [3.05, 3.63) is 87.4 Å². The lowest BCUT2D eigenvalue weighted by Gasteiger charge is -2.13. The van der Waals surface area contributed by atoms with Crippen molar-refractivity contribution >= 4 is 35.3 Å². The van der Waals surface area contributed by atoms with Crippen LogP contribution in [0.3, 0.4) is 0 Å². The Morgan fingerprint density at radius 3 is 2.27 bits per heavy atom. The molecule has 0 aliphatic rings. The van der Waals surface area contributed by atoms with Crippen LogP contribution < -0.4 is 19.6 Å². The molecule has 0 fully saturated rings. The van der Waals surface area contributed by atoms with Crippen LogP contribution in [-0.2, 0) is 6.61 Å². The van der Waals surface area contributed by atoms with E-state index >= 15 is 0 Å². The Bertz CT molecular complexity index is 1100. The largest absolute Gasteiger partial charge is 0.491 e. The van der Waals surface area contributed by atoms with Crippen molar-refractivity contribution in [1.82, 2.24) is 5.43 Å². The molecular weight excluding hydrogens is 463 g/mol. The molecule has 1 N–H and O–H groups in total. The molecule has 0 aromatic heterocycles. The summed E-state index contributed by atoms with van der Waals surface area (Å²) >= 11 is 12.4. The predicted octanol–water partition coefficient (Wildman–Crippen LogP) is 6.13. The third kappa shape index (κ3) is 6.88. The monoisotopic (exact) mass is 486 g/mol. The average Bonchev–Trinajstić information content (AvgIpc) is 2.81. The minimum Gasteiger partial charge on any atom is -0.491 e. The lowest BCUT2D eigenvalue weighted by Crippen LogP contribution is -2.17. The van der Waals surface area contributed by atoms with Crippen LogP contribution in [0.4, 0.5) is 0 Å². The van der Waals surface area contributed by atoms with Crippen molar-refractivity contribution in [2.24, 2.45) is 5.10 Å². The molecule has 0 bridgehead atoms. The summed E-state index contributed by atoms with van der Waals surface area (Å²) in [7, 11) is 0. The number of carbonyl (C=O) groups excluding carboxylic acids is 1. The maximum absolute atomic E-state index is 12.6. The molecule has 0 saturated carbocycles. The van der Waals surface area contributed by atoms with Crippen LogP contribution in [0.15, 0.2) is 65.8 Å². The molecule has 0 saturated heterocycles. The Morgan fingerprint density at radius 1 is 0.909 bits per heavy atom. The van der Waals surface area contributed by atoms with Crippen LogP contribution >= 0.6 is 23.2 Å². The third-order valence-electron chi connectivity index (χ3n) is 4.43. The number of hydrogen-bond acceptors (Lipinski definition) is 5. The Kier molecular flexibility index (Phi) is 8.98. The summed E-state index contributed by atoms with van der Waals surface area (Å²) < 4.78 is 16.9. The van der Waals surface area contributed by atoms with Crippen LogP contribution in [-0.4, -0.2) is 25.3 Å². The van der Waals surface area contributed by atoms with Gasteiger partial charge in [-0.1, -0.05) is 53.5 Å². The van der Waals surface area contributed by atoms with Gasteiger partial charge in [0.05, 0.1) is 29.5 Å². The first-order valence-electron chi connectivity index (χ1n) is 10.4. The van der Waals surface area contributed by atoms with E-state index < -0.39 is 5.91 Å². The second-order valence-corrected chi connectivity index (χ2v) is 7.63. The van der Waals surface area contributed by atoms with E-state index in [-0.39, 0.29) is 0 Å². The number of nitrogens with zero attached hydrogens (tertiary/aromatic N) is 1. The fourth-order valence-corrected chi connectivity index (χ4v) is 3.55. The van der Waals surface area contributed by atoms with E-state index in [0.717, 1.165) is 5.56 Å². The van der Waals surface area contributed by atoms with Gasteiger partial charge in [0.1, 0.15) is 6.61 Å². The Labute approximate surface area is 203 Å². The number of rotatable bonds is 10. The van der Waals surface area contributed by atoms with Crippen LogP contribution in [0.1, 0.15) is 35.3 Å². The summed E-state index contributed by atoms with van der Waals surface area (Å²) in [6, 6.07) is 18.1. The van der Waals surface area contributed by atoms with Crippen LogP contribution in [0.5, 0.6) is 17.2 Å². The molecule has 0 unspecified atom stereocenters. The fraction of sp³-hybridized carbons (Fsp3) is 0.200. The Hall–Kier alpha value is -3.22. The fourth-order valence-electron chi connectivity index (χ4n) is 2.94. The second kappa shape index (κ2) is 12.1. The molecule has 0 atom stereocenters. The Morgan fingerprint density at radius 2 is 1.61 bits per heavy atom. The standard InChI is InChI=1S/C25H24Cl2N2O4/c1-3-31-23-14-19(10-11-22(23)33-16-17-8-6-5-7-9-17)25(30)29-28-15-18-12-20(26)24(32-4-2)21(27)13-18/h5-15H,3-4,16H2,1-2H3,(H,29,30)/b28-15+. The highest BCUT2D eigenvalue weighted by Gasteiger charge is 2.12. The zero-order valence-electron chi connectivity index (χ0n) is 18.3. The number of hydrazone groups is 1. The summed E-state index contributed by atoms with van der Waals surface area (Å²) in [6.07, 6.45) is 1.45. The van der Waals surface area contributed by atoms with E-state index in [4.69, 9.17) is 37.4 Å². The number of halogens is 2. The third-order valence-corrected chi connectivity index (χ3v) is 4.99. The van der Waals surface area contributed by atoms with Gasteiger partial charge in [-0.15, -0.1) is 0 Å². The lowest BCUT2D eigenvalue weighted by atomic mass is 10.2. The van der Waals surface area contributed by atoms with Crippen LogP contribution in [0.25, 0.3) is 0 Å². The van der Waals surface area contributed by atoms with Crippen molar-refractivity contribution in [2.75, 3.05) is 13.2 Å². The second-order valence-electron chi connectivity index (χ2n) is 6.81. The van der Waals surface area contributed by atoms with Gasteiger partial charge in [0, 0.05) is 5.56 Å². The van der Waals surface area contributed by atoms with E-state index in [1.165, 1.54) is 6.21 Å². The van der Waals surface area contributed by atoms with E-state index in [2.05, 4.69) is 10.5 Å². The van der Waals surface area contributed by atoms with Gasteiger partial charge in [-0.3, -0.25) is 4.79 Å². The molecule has 3 aromatic carbocycles. The van der Waals surface area contributed by atoms with Gasteiger partial charge in [-0.2, -0.15) is 5.10 Å². The number of carbonyl (C=O) groups is 1. The van der Waals surface area contributed by atoms with Gasteiger partial charge >= 0.3 is 0 Å². The summed E-state index contributed by atoms with van der Waals surface area (Å²) in [5, 5.41) is 4.73. The number of amides is 1. The van der Waals surface area contributed by atoms with E-state index in [1.54, 1.807) is 30.3 Å². The van der Waals surface area contributed by atoms with Gasteiger partial charge in [-0.05, 0) is 55.3 Å². The van der Waals surface area contributed by atoms with Crippen molar-refractivity contribution in [2.45, 2.75) is 20.5 Å². The zero-order valence-corrected chi connectivity index (χ0v) is 19.8. The van der Waals surface area contributed by atoms with Crippen LogP contribution in [0.2, 0.25) is 10.0 Å². The first-order valence-corrected chi connectivity index (χ1v) is 11.2. The molecule has 1 amide bonds. The topological polar surface area (TPSA) is 69.2 Å². The molecule has 0 radical (unpaired) electrons. The number of hydrogen-bond donors (Lipinski definition) is 1. The molecular formula is C25H24Cl2N2O4. The van der Waals surface area contributed by atoms with E-state index in [1.807, 2.05) is 44.2 Å². The first-order chi connectivity index (χ1) is 16.0. The molecule has 0 heterocycles. The maximum Gasteiger partial charge on any atom is 0.271 e. The van der Waals surface area contributed by atoms with Crippen LogP contribution in [0, 0.1) is 0 Å². The average molecular weight is 487 g/mol. The van der Waals surface area contributed by atoms with Crippen molar-refractivity contribution in [3.63, 3.8) is 0 Å². The summed E-state index contributed by atoms with van der Waals surface area (Å²) in [4.78, 5) is 12.6. The van der Waals surface area contributed by atoms with E-state index in [9.17, 15) is 4.79 Å². The van der Waals surface area contributed by atoms with Crippen molar-refractivity contribution < 1.29 is 19.0 Å². The van der Waals surface area contributed by atoms with Crippen molar-refractivity contribution in [1.29, 1.82) is 0 Å². The molecule has 0 aliphatic carbocycles. The highest BCUT2D eigenvalue weighted by atomic mass is 35.5. The highest BCUT2D eigenvalue weighted by molar-refractivity contribution is 6.37. The number of ether oxygens (including phenoxy) is 3. The minimum absolute atomic E-state index is 0.365. The molecule has 3 rings (SSSR count). The highest BCUT2D eigenvalue weighted by Crippen LogP contribution is 2.34. The molecule has 0 spiro atoms. The normalized spacial score (nSPS) is 10.8. The SMILES string of the molecule is CCOc1cc(C(=O)N/N=C/c2cc(Cl)c(OCC)c(Cl)c2)ccc1OCc1ccccc1. The molecule has 3 aromatic rings. The zero-order chi connectivity index (χ0) is 23.6. The van der Waals surface area contributed by atoms with Gasteiger partial charge in [0.25, 0.3) is 5.91 Å². The molecule has 0 aliphatic heterocycles. The predicted molar refractivity (Wildman–Crippen MR) is 131 cm³/mol.